The van der Waals surface area contributed by atoms with Gasteiger partial charge in [0, 0.05) is 0 Å². The first kappa shape index (κ1) is 11.3. The van der Waals surface area contributed by atoms with Gasteiger partial charge in [0.05, 0.1) is 25.0 Å². The fourth-order valence-electron chi connectivity index (χ4n) is 1.32. The van der Waals surface area contributed by atoms with Crippen LogP contribution in [0.15, 0.2) is 24.5 Å². The second-order valence-electron chi connectivity index (χ2n) is 3.65. The predicted molar refractivity (Wildman–Crippen MR) is 61.3 cm³/mol. The van der Waals surface area contributed by atoms with E-state index in [0.717, 1.165) is 5.56 Å². The summed E-state index contributed by atoms with van der Waals surface area (Å²) in [4.78, 5) is 0. The van der Waals surface area contributed by atoms with E-state index < -0.39 is 0 Å². The lowest BCUT2D eigenvalue weighted by atomic mass is 9.98. The summed E-state index contributed by atoms with van der Waals surface area (Å²) in [6.45, 7) is 4.22. The van der Waals surface area contributed by atoms with Crippen LogP contribution in [0.25, 0.3) is 6.08 Å². The van der Waals surface area contributed by atoms with Gasteiger partial charge in [-0.25, -0.2) is 0 Å². The first-order valence-electron chi connectivity index (χ1n) is 4.92. The molecule has 0 atom stereocenters. The number of hydrogen-bond acceptors (Lipinski definition) is 2. The second-order valence-corrected chi connectivity index (χ2v) is 3.65. The molecule has 78 valence electrons. The van der Waals surface area contributed by atoms with Gasteiger partial charge in [0.25, 0.3) is 0 Å². The van der Waals surface area contributed by atoms with Crippen molar-refractivity contribution < 1.29 is 4.74 Å². The lowest BCUT2D eigenvalue weighted by molar-refractivity contribution is 0.341. The van der Waals surface area contributed by atoms with E-state index in [1.807, 2.05) is 18.2 Å². The maximum absolute atomic E-state index is 9.00. The van der Waals surface area contributed by atoms with Crippen molar-refractivity contribution in [2.24, 2.45) is 0 Å². The lowest BCUT2D eigenvalue weighted by Crippen LogP contribution is -1.90. The smallest absolute Gasteiger partial charge is 0.0998 e. The highest BCUT2D eigenvalue weighted by Gasteiger charge is 2.03. The average molecular weight is 201 g/mol. The molecule has 2 heteroatoms. The van der Waals surface area contributed by atoms with E-state index in [2.05, 4.69) is 19.9 Å². The molecule has 0 spiro atoms. The molecule has 0 bridgehead atoms. The molecule has 0 saturated carbocycles. The van der Waals surface area contributed by atoms with Crippen LogP contribution in [0, 0.1) is 11.3 Å². The third-order valence-electron chi connectivity index (χ3n) is 2.25. The Morgan fingerprint density at radius 1 is 1.40 bits per heavy atom. The molecular weight excluding hydrogens is 186 g/mol. The molecule has 2 nitrogen and oxygen atoms in total. The second kappa shape index (κ2) is 5.21. The Kier molecular flexibility index (Phi) is 3.93. The van der Waals surface area contributed by atoms with Crippen molar-refractivity contribution in [2.75, 3.05) is 7.11 Å². The van der Waals surface area contributed by atoms with Crippen molar-refractivity contribution in [3.63, 3.8) is 0 Å². The first-order chi connectivity index (χ1) is 7.19. The van der Waals surface area contributed by atoms with E-state index >= 15 is 0 Å². The minimum absolute atomic E-state index is 0.442. The van der Waals surface area contributed by atoms with Crippen molar-refractivity contribution in [1.29, 1.82) is 5.26 Å². The average Bonchev–Trinajstić information content (AvgIpc) is 2.25. The minimum Gasteiger partial charge on any atom is -0.504 e. The fraction of sp³-hybridized carbons (Fsp3) is 0.308. The van der Waals surface area contributed by atoms with Gasteiger partial charge >= 0.3 is 0 Å². The Hall–Kier alpha value is -1.75. The van der Waals surface area contributed by atoms with Crippen LogP contribution in [-0.2, 0) is 4.74 Å². The first-order valence-corrected chi connectivity index (χ1v) is 4.92. The molecule has 0 saturated heterocycles. The van der Waals surface area contributed by atoms with Gasteiger partial charge in [0.2, 0.25) is 0 Å². The van der Waals surface area contributed by atoms with Gasteiger partial charge in [-0.15, -0.1) is 0 Å². The summed E-state index contributed by atoms with van der Waals surface area (Å²) in [7, 11) is 1.59. The number of methoxy groups -OCH3 is 1. The third-order valence-corrected chi connectivity index (χ3v) is 2.25. The largest absolute Gasteiger partial charge is 0.504 e. The number of hydrogen-bond donors (Lipinski definition) is 0. The molecule has 0 radical (unpaired) electrons. The van der Waals surface area contributed by atoms with Gasteiger partial charge in [-0.05, 0) is 29.2 Å². The van der Waals surface area contributed by atoms with E-state index in [9.17, 15) is 0 Å². The highest BCUT2D eigenvalue weighted by atomic mass is 16.5. The molecule has 0 amide bonds. The Morgan fingerprint density at radius 3 is 2.67 bits per heavy atom. The summed E-state index contributed by atoms with van der Waals surface area (Å²) in [6, 6.07) is 8.11. The third kappa shape index (κ3) is 2.85. The molecule has 0 aliphatic carbocycles. The minimum atomic E-state index is 0.442. The Morgan fingerprint density at radius 2 is 2.13 bits per heavy atom. The number of benzene rings is 1. The van der Waals surface area contributed by atoms with E-state index in [1.54, 1.807) is 19.4 Å². The molecule has 1 aromatic rings. The van der Waals surface area contributed by atoms with Crippen LogP contribution >= 0.6 is 0 Å². The Balaban J connectivity index is 3.11. The molecule has 0 aliphatic rings. The molecule has 1 rings (SSSR count). The molecule has 0 N–H and O–H groups in total. The van der Waals surface area contributed by atoms with Crippen molar-refractivity contribution in [1.82, 2.24) is 0 Å². The summed E-state index contributed by atoms with van der Waals surface area (Å²) in [5.74, 6) is 0.442. The monoisotopic (exact) mass is 201 g/mol. The van der Waals surface area contributed by atoms with Crippen LogP contribution in [0.3, 0.4) is 0 Å². The van der Waals surface area contributed by atoms with Crippen molar-refractivity contribution >= 4 is 6.08 Å². The van der Waals surface area contributed by atoms with Crippen molar-refractivity contribution in [3.05, 3.63) is 41.2 Å². The van der Waals surface area contributed by atoms with Gasteiger partial charge in [-0.1, -0.05) is 26.0 Å². The normalized spacial score (nSPS) is 10.6. The van der Waals surface area contributed by atoms with Gasteiger partial charge in [0.1, 0.15) is 0 Å². The molecule has 0 unspecified atom stereocenters. The highest BCUT2D eigenvalue weighted by molar-refractivity contribution is 5.58. The quantitative estimate of drug-likeness (QED) is 0.703. The van der Waals surface area contributed by atoms with Crippen LogP contribution in [0.1, 0.15) is 36.5 Å². The van der Waals surface area contributed by atoms with E-state index in [-0.39, 0.29) is 0 Å². The van der Waals surface area contributed by atoms with E-state index in [1.165, 1.54) is 5.56 Å². The zero-order valence-corrected chi connectivity index (χ0v) is 9.32. The predicted octanol–water partition coefficient (Wildman–Crippen LogP) is 3.30. The molecule has 0 aromatic heterocycles. The summed E-state index contributed by atoms with van der Waals surface area (Å²) < 4.78 is 4.83. The van der Waals surface area contributed by atoms with Gasteiger partial charge in [-0.2, -0.15) is 5.26 Å². The summed E-state index contributed by atoms with van der Waals surface area (Å²) in [5.41, 5.74) is 2.76. The Labute approximate surface area is 90.8 Å². The molecule has 1 aromatic carbocycles. The van der Waals surface area contributed by atoms with Gasteiger partial charge in [-0.3, -0.25) is 0 Å². The fourth-order valence-corrected chi connectivity index (χ4v) is 1.32. The molecular formula is C13H15NO. The van der Waals surface area contributed by atoms with E-state index in [0.29, 0.717) is 11.5 Å². The van der Waals surface area contributed by atoms with Crippen LogP contribution in [0.4, 0.5) is 0 Å². The SMILES string of the molecule is CO/C=C/c1ccc(C(C)C)cc1C#N. The maximum atomic E-state index is 9.00. The molecule has 0 aliphatic heterocycles. The number of nitriles is 1. The molecule has 0 fully saturated rings. The summed E-state index contributed by atoms with van der Waals surface area (Å²) in [6.07, 6.45) is 3.37. The van der Waals surface area contributed by atoms with Gasteiger partial charge in [0.15, 0.2) is 0 Å². The van der Waals surface area contributed by atoms with Crippen LogP contribution in [0.2, 0.25) is 0 Å². The zero-order chi connectivity index (χ0) is 11.3. The van der Waals surface area contributed by atoms with Crippen molar-refractivity contribution in [3.8, 4) is 6.07 Å². The van der Waals surface area contributed by atoms with Crippen molar-refractivity contribution in [2.45, 2.75) is 19.8 Å². The van der Waals surface area contributed by atoms with Crippen LogP contribution in [-0.4, -0.2) is 7.11 Å². The number of rotatable bonds is 3. The topological polar surface area (TPSA) is 33.0 Å². The zero-order valence-electron chi connectivity index (χ0n) is 9.32. The number of nitrogens with zero attached hydrogens (tertiary/aromatic N) is 1. The van der Waals surface area contributed by atoms with Crippen LogP contribution < -0.4 is 0 Å². The summed E-state index contributed by atoms with van der Waals surface area (Å²) in [5, 5.41) is 9.00. The Bertz CT molecular complexity index is 399. The number of ether oxygens (including phenoxy) is 1. The van der Waals surface area contributed by atoms with E-state index in [4.69, 9.17) is 10.00 Å². The molecule has 0 heterocycles. The lowest BCUT2D eigenvalue weighted by Gasteiger charge is -2.06. The molecule has 15 heavy (non-hydrogen) atoms. The summed E-state index contributed by atoms with van der Waals surface area (Å²) >= 11 is 0. The van der Waals surface area contributed by atoms with Crippen LogP contribution in [0.5, 0.6) is 0 Å². The highest BCUT2D eigenvalue weighted by Crippen LogP contribution is 2.19. The van der Waals surface area contributed by atoms with Gasteiger partial charge < -0.3 is 4.74 Å². The standard InChI is InChI=1S/C13H15NO/c1-10(2)12-5-4-11(6-7-15-3)13(8-12)9-14/h4-8,10H,1-3H3/b7-6+. The maximum Gasteiger partial charge on any atom is 0.0998 e.